The first-order valence-corrected chi connectivity index (χ1v) is 9.60. The van der Waals surface area contributed by atoms with Gasteiger partial charge in [0.05, 0.1) is 6.04 Å². The van der Waals surface area contributed by atoms with Gasteiger partial charge in [0.15, 0.2) is 0 Å². The summed E-state index contributed by atoms with van der Waals surface area (Å²) in [5, 5.41) is 3.14. The number of hydrogen-bond acceptors (Lipinski definition) is 3. The van der Waals surface area contributed by atoms with E-state index in [0.29, 0.717) is 12.5 Å². The van der Waals surface area contributed by atoms with Crippen molar-refractivity contribution in [1.82, 2.24) is 10.2 Å². The second-order valence-electron chi connectivity index (χ2n) is 5.77. The van der Waals surface area contributed by atoms with Crippen LogP contribution in [-0.4, -0.2) is 41.9 Å². The molecule has 1 aliphatic rings. The summed E-state index contributed by atoms with van der Waals surface area (Å²) >= 11 is 1.82. The van der Waals surface area contributed by atoms with E-state index in [1.807, 2.05) is 11.8 Å². The fourth-order valence-corrected chi connectivity index (χ4v) is 3.59. The lowest BCUT2D eigenvalue weighted by atomic mass is 10.0. The molecule has 22 heavy (non-hydrogen) atoms. The molecule has 1 atom stereocenters. The van der Waals surface area contributed by atoms with Crippen molar-refractivity contribution in [1.29, 1.82) is 0 Å². The normalized spacial score (nSPS) is 17.1. The van der Waals surface area contributed by atoms with Crippen molar-refractivity contribution < 1.29 is 4.79 Å². The molecule has 4 heteroatoms. The minimum Gasteiger partial charge on any atom is -0.354 e. The molecule has 1 aromatic rings. The Hall–Kier alpha value is -1.00. The first-order valence-electron chi connectivity index (χ1n) is 8.44. The number of hydrogen-bond donors (Lipinski definition) is 1. The van der Waals surface area contributed by atoms with E-state index in [-0.39, 0.29) is 5.91 Å². The first kappa shape index (κ1) is 17.4. The molecule has 1 heterocycles. The van der Waals surface area contributed by atoms with Gasteiger partial charge in [0.2, 0.25) is 5.91 Å². The highest BCUT2D eigenvalue weighted by Gasteiger charge is 2.22. The molecule has 122 valence electrons. The number of carbonyl (C=O) groups excluding carboxylic acids is 1. The zero-order valence-electron chi connectivity index (χ0n) is 13.6. The molecule has 1 amide bonds. The van der Waals surface area contributed by atoms with Crippen LogP contribution in [-0.2, 0) is 4.79 Å². The Kier molecular flexibility index (Phi) is 7.81. The van der Waals surface area contributed by atoms with E-state index in [2.05, 4.69) is 47.5 Å². The topological polar surface area (TPSA) is 32.3 Å². The van der Waals surface area contributed by atoms with Crippen molar-refractivity contribution in [2.75, 3.05) is 31.1 Å². The number of thioether (sulfide) groups is 1. The molecule has 0 saturated carbocycles. The summed E-state index contributed by atoms with van der Waals surface area (Å²) in [6.45, 7) is 5.13. The Morgan fingerprint density at radius 3 is 2.64 bits per heavy atom. The molecule has 0 bridgehead atoms. The van der Waals surface area contributed by atoms with Gasteiger partial charge in [-0.05, 0) is 37.2 Å². The number of amides is 1. The molecule has 1 fully saturated rings. The van der Waals surface area contributed by atoms with Crippen molar-refractivity contribution in [3.8, 4) is 0 Å². The van der Waals surface area contributed by atoms with Crippen molar-refractivity contribution in [3.05, 3.63) is 35.9 Å². The lowest BCUT2D eigenvalue weighted by Crippen LogP contribution is -2.40. The maximum Gasteiger partial charge on any atom is 0.220 e. The molecule has 0 radical (unpaired) electrons. The van der Waals surface area contributed by atoms with Gasteiger partial charge in [0, 0.05) is 18.7 Å². The Bertz CT molecular complexity index is 432. The maximum atomic E-state index is 12.0. The van der Waals surface area contributed by atoms with Crippen LogP contribution < -0.4 is 5.32 Å². The second-order valence-corrected chi connectivity index (χ2v) is 7.17. The highest BCUT2D eigenvalue weighted by molar-refractivity contribution is 7.99. The third-order valence-electron chi connectivity index (χ3n) is 4.19. The van der Waals surface area contributed by atoms with Gasteiger partial charge in [-0.3, -0.25) is 9.69 Å². The number of rotatable bonds is 8. The van der Waals surface area contributed by atoms with E-state index in [1.54, 1.807) is 0 Å². The predicted octanol–water partition coefficient (Wildman–Crippen LogP) is 3.47. The molecular formula is C18H28N2OS. The Morgan fingerprint density at radius 1 is 1.23 bits per heavy atom. The Balaban J connectivity index is 1.91. The van der Waals surface area contributed by atoms with Crippen molar-refractivity contribution in [2.24, 2.45) is 0 Å². The van der Waals surface area contributed by atoms with Gasteiger partial charge < -0.3 is 5.32 Å². The van der Waals surface area contributed by atoms with Gasteiger partial charge >= 0.3 is 0 Å². The average Bonchev–Trinajstić information content (AvgIpc) is 2.57. The summed E-state index contributed by atoms with van der Waals surface area (Å²) in [5.74, 6) is 2.18. The van der Waals surface area contributed by atoms with E-state index in [1.165, 1.54) is 24.8 Å². The third kappa shape index (κ3) is 5.65. The Labute approximate surface area is 138 Å². The van der Waals surface area contributed by atoms with Crippen LogP contribution in [0.5, 0.6) is 0 Å². The van der Waals surface area contributed by atoms with Gasteiger partial charge in [0.1, 0.15) is 0 Å². The fraction of sp³-hybridized carbons (Fsp3) is 0.611. The van der Waals surface area contributed by atoms with Crippen LogP contribution in [0.15, 0.2) is 30.3 Å². The summed E-state index contributed by atoms with van der Waals surface area (Å²) in [4.78, 5) is 14.5. The molecular weight excluding hydrogens is 292 g/mol. The molecule has 3 nitrogen and oxygen atoms in total. The van der Waals surface area contributed by atoms with E-state index >= 15 is 0 Å². The summed E-state index contributed by atoms with van der Waals surface area (Å²) in [7, 11) is 0. The van der Waals surface area contributed by atoms with Gasteiger partial charge in [-0.1, -0.05) is 43.7 Å². The quantitative estimate of drug-likeness (QED) is 0.744. The molecule has 0 unspecified atom stereocenters. The van der Waals surface area contributed by atoms with E-state index in [9.17, 15) is 4.79 Å². The predicted molar refractivity (Wildman–Crippen MR) is 95.2 cm³/mol. The molecule has 1 aliphatic heterocycles. The molecule has 1 aromatic carbocycles. The van der Waals surface area contributed by atoms with Gasteiger partial charge in [0.25, 0.3) is 0 Å². The molecule has 1 saturated heterocycles. The largest absolute Gasteiger partial charge is 0.354 e. The summed E-state index contributed by atoms with van der Waals surface area (Å²) in [6.07, 6.45) is 4.49. The maximum absolute atomic E-state index is 12.0. The van der Waals surface area contributed by atoms with Crippen molar-refractivity contribution >= 4 is 17.7 Å². The number of piperidine rings is 1. The van der Waals surface area contributed by atoms with Gasteiger partial charge in [-0.15, -0.1) is 0 Å². The SMILES string of the molecule is CCSCCC(=O)NC[C@H](c1ccccc1)N1CCCCC1. The number of benzene rings is 1. The van der Waals surface area contributed by atoms with Crippen LogP contribution in [0.3, 0.4) is 0 Å². The zero-order chi connectivity index (χ0) is 15.6. The zero-order valence-corrected chi connectivity index (χ0v) is 14.4. The summed E-state index contributed by atoms with van der Waals surface area (Å²) < 4.78 is 0. The minimum atomic E-state index is 0.180. The van der Waals surface area contributed by atoms with Crippen LogP contribution in [0.4, 0.5) is 0 Å². The Morgan fingerprint density at radius 2 is 1.95 bits per heavy atom. The van der Waals surface area contributed by atoms with Gasteiger partial charge in [-0.2, -0.15) is 11.8 Å². The first-order chi connectivity index (χ1) is 10.8. The molecule has 0 spiro atoms. The number of likely N-dealkylation sites (tertiary alicyclic amines) is 1. The second kappa shape index (κ2) is 9.90. The van der Waals surface area contributed by atoms with Gasteiger partial charge in [-0.25, -0.2) is 0 Å². The van der Waals surface area contributed by atoms with Crippen LogP contribution in [0.2, 0.25) is 0 Å². The monoisotopic (exact) mass is 320 g/mol. The van der Waals surface area contributed by atoms with Crippen LogP contribution >= 0.6 is 11.8 Å². The van der Waals surface area contributed by atoms with E-state index in [4.69, 9.17) is 0 Å². The van der Waals surface area contributed by atoms with Crippen LogP contribution in [0.25, 0.3) is 0 Å². The average molecular weight is 321 g/mol. The molecule has 0 aromatic heterocycles. The minimum absolute atomic E-state index is 0.180. The highest BCUT2D eigenvalue weighted by Crippen LogP contribution is 2.24. The van der Waals surface area contributed by atoms with E-state index < -0.39 is 0 Å². The number of nitrogens with one attached hydrogen (secondary N) is 1. The fourth-order valence-electron chi connectivity index (χ4n) is 2.97. The number of carbonyl (C=O) groups is 1. The number of nitrogens with zero attached hydrogens (tertiary/aromatic N) is 1. The van der Waals surface area contributed by atoms with Crippen molar-refractivity contribution in [3.63, 3.8) is 0 Å². The smallest absolute Gasteiger partial charge is 0.220 e. The molecule has 2 rings (SSSR count). The highest BCUT2D eigenvalue weighted by atomic mass is 32.2. The molecule has 0 aliphatic carbocycles. The lowest BCUT2D eigenvalue weighted by molar-refractivity contribution is -0.120. The standard InChI is InChI=1S/C18H28N2OS/c1-2-22-14-11-18(21)19-15-17(16-9-5-3-6-10-16)20-12-7-4-8-13-20/h3,5-6,9-10,17H,2,4,7-8,11-15H2,1H3,(H,19,21)/t17-/m1/s1. The van der Waals surface area contributed by atoms with Crippen LogP contribution in [0.1, 0.15) is 44.2 Å². The summed E-state index contributed by atoms with van der Waals surface area (Å²) in [6, 6.07) is 10.9. The van der Waals surface area contributed by atoms with Crippen LogP contribution in [0, 0.1) is 0 Å². The van der Waals surface area contributed by atoms with Crippen molar-refractivity contribution in [2.45, 2.75) is 38.6 Å². The molecule has 1 N–H and O–H groups in total. The van der Waals surface area contributed by atoms with E-state index in [0.717, 1.165) is 31.1 Å². The summed E-state index contributed by atoms with van der Waals surface area (Å²) in [5.41, 5.74) is 1.31. The third-order valence-corrected chi connectivity index (χ3v) is 5.09. The lowest BCUT2D eigenvalue weighted by Gasteiger charge is -2.35.